The van der Waals surface area contributed by atoms with Gasteiger partial charge in [-0.3, -0.25) is 9.97 Å². The van der Waals surface area contributed by atoms with E-state index < -0.39 is 0 Å². The van der Waals surface area contributed by atoms with Gasteiger partial charge in [0.15, 0.2) is 0 Å². The van der Waals surface area contributed by atoms with Crippen molar-refractivity contribution in [3.8, 4) is 0 Å². The quantitative estimate of drug-likeness (QED) is 0.189. The number of benzene rings is 2. The van der Waals surface area contributed by atoms with Gasteiger partial charge in [-0.15, -0.1) is 0 Å². The van der Waals surface area contributed by atoms with Crippen molar-refractivity contribution >= 4 is 33.2 Å². The molecule has 2 aromatic carbocycles. The highest BCUT2D eigenvalue weighted by Gasteiger charge is 2.19. The largest absolute Gasteiger partial charge is 0.395 e. The van der Waals surface area contributed by atoms with Gasteiger partial charge in [0.05, 0.1) is 17.6 Å². The number of aryl methyl sites for hydroxylation is 2. The molecule has 0 aliphatic heterocycles. The van der Waals surface area contributed by atoms with Gasteiger partial charge in [0.2, 0.25) is 0 Å². The zero-order chi connectivity index (χ0) is 27.1. The predicted octanol–water partition coefficient (Wildman–Crippen LogP) is 6.14. The van der Waals surface area contributed by atoms with E-state index in [0.29, 0.717) is 0 Å². The summed E-state index contributed by atoms with van der Waals surface area (Å²) in [5.74, 6) is 0. The van der Waals surface area contributed by atoms with Crippen LogP contribution in [0.15, 0.2) is 48.5 Å². The van der Waals surface area contributed by atoms with Crippen molar-refractivity contribution in [1.29, 1.82) is 0 Å². The molecule has 0 bridgehead atoms. The third-order valence-corrected chi connectivity index (χ3v) is 8.66. The average Bonchev–Trinajstić information content (AvgIpc) is 3.00. The van der Waals surface area contributed by atoms with Crippen LogP contribution >= 0.6 is 0 Å². The number of aliphatic hydroxyl groups excluding tert-OH is 1. The lowest BCUT2D eigenvalue weighted by Crippen LogP contribution is -2.31. The first-order valence-corrected chi connectivity index (χ1v) is 15.4. The van der Waals surface area contributed by atoms with Crippen LogP contribution in [0, 0.1) is 0 Å². The molecule has 0 atom stereocenters. The Morgan fingerprint density at radius 1 is 0.625 bits per heavy atom. The molecule has 2 aliphatic carbocycles. The first-order valence-electron chi connectivity index (χ1n) is 15.4. The molecule has 0 amide bonds. The average molecular weight is 538 g/mol. The molecule has 210 valence electrons. The van der Waals surface area contributed by atoms with Crippen molar-refractivity contribution < 1.29 is 5.11 Å². The number of para-hydroxylation sites is 2. The lowest BCUT2D eigenvalue weighted by atomic mass is 9.92. The maximum absolute atomic E-state index is 9.72. The number of aliphatic hydroxyl groups is 1. The topological polar surface area (TPSA) is 73.3 Å². The van der Waals surface area contributed by atoms with Crippen LogP contribution in [0.4, 0.5) is 11.4 Å². The van der Waals surface area contributed by atoms with E-state index >= 15 is 0 Å². The molecule has 0 radical (unpaired) electrons. The van der Waals surface area contributed by atoms with Crippen LogP contribution < -0.4 is 10.6 Å². The molecule has 2 heterocycles. The fourth-order valence-electron chi connectivity index (χ4n) is 6.66. The fraction of sp³-hybridized carbons (Fsp3) is 0.471. The van der Waals surface area contributed by atoms with Gasteiger partial charge in [-0.2, -0.15) is 0 Å². The van der Waals surface area contributed by atoms with Crippen LogP contribution in [-0.4, -0.2) is 59.3 Å². The Morgan fingerprint density at radius 3 is 1.60 bits per heavy atom. The monoisotopic (exact) mass is 537 g/mol. The lowest BCUT2D eigenvalue weighted by Gasteiger charge is -2.24. The van der Waals surface area contributed by atoms with Gasteiger partial charge in [-0.05, 0) is 101 Å². The van der Waals surface area contributed by atoms with Gasteiger partial charge in [-0.1, -0.05) is 36.4 Å². The Balaban J connectivity index is 1.04. The maximum Gasteiger partial charge on any atom is 0.0726 e. The fourth-order valence-corrected chi connectivity index (χ4v) is 6.66. The SMILES string of the molecule is OCCN(CCCNc1c2c(nc3ccccc13)CCCC2)CCCNc1c2c(nc3ccccc13)CCCC2. The smallest absolute Gasteiger partial charge is 0.0726 e. The lowest BCUT2D eigenvalue weighted by molar-refractivity contribution is 0.195. The van der Waals surface area contributed by atoms with Crippen molar-refractivity contribution in [3.05, 3.63) is 71.0 Å². The summed E-state index contributed by atoms with van der Waals surface area (Å²) in [6.45, 7) is 4.73. The van der Waals surface area contributed by atoms with Crippen molar-refractivity contribution in [2.75, 3.05) is 50.0 Å². The first-order chi connectivity index (χ1) is 19.8. The number of anilines is 2. The van der Waals surface area contributed by atoms with Crippen molar-refractivity contribution in [3.63, 3.8) is 0 Å². The summed E-state index contributed by atoms with van der Waals surface area (Å²) < 4.78 is 0. The first kappa shape index (κ1) is 27.0. The number of fused-ring (bicyclic) bond motifs is 4. The van der Waals surface area contributed by atoms with Crippen LogP contribution in [0.25, 0.3) is 21.8 Å². The summed E-state index contributed by atoms with van der Waals surface area (Å²) in [5, 5.41) is 19.8. The van der Waals surface area contributed by atoms with Gasteiger partial charge in [0.1, 0.15) is 0 Å². The highest BCUT2D eigenvalue weighted by Crippen LogP contribution is 2.34. The van der Waals surface area contributed by atoms with Gasteiger partial charge >= 0.3 is 0 Å². The number of nitrogens with one attached hydrogen (secondary N) is 2. The summed E-state index contributed by atoms with van der Waals surface area (Å²) >= 11 is 0. The second-order valence-corrected chi connectivity index (χ2v) is 11.4. The van der Waals surface area contributed by atoms with Gasteiger partial charge in [-0.25, -0.2) is 0 Å². The normalized spacial score (nSPS) is 14.8. The van der Waals surface area contributed by atoms with Crippen molar-refractivity contribution in [2.45, 2.75) is 64.2 Å². The molecule has 0 saturated carbocycles. The minimum absolute atomic E-state index is 0.200. The van der Waals surface area contributed by atoms with E-state index in [9.17, 15) is 5.11 Å². The van der Waals surface area contributed by atoms with E-state index in [2.05, 4.69) is 64.1 Å². The Bertz CT molecular complexity index is 1340. The molecule has 0 unspecified atom stereocenters. The van der Waals surface area contributed by atoms with Gasteiger partial charge < -0.3 is 20.6 Å². The third kappa shape index (κ3) is 5.93. The summed E-state index contributed by atoms with van der Waals surface area (Å²) in [4.78, 5) is 12.4. The standard InChI is InChI=1S/C34H43N5O/c40-24-23-39(21-9-19-35-33-25-11-1-5-15-29(25)37-30-16-6-2-12-26(30)33)22-10-20-36-34-27-13-3-7-17-31(27)38-32-18-8-4-14-28(32)34/h1,3,5,7,11,13,15,17,40H,2,4,6,8-10,12,14,16,18-24H2,(H,35,37)(H,36,38). The van der Waals surface area contributed by atoms with E-state index in [1.54, 1.807) is 0 Å². The van der Waals surface area contributed by atoms with Crippen LogP contribution in [0.3, 0.4) is 0 Å². The van der Waals surface area contributed by atoms with Crippen LogP contribution in [0.2, 0.25) is 0 Å². The van der Waals surface area contributed by atoms with E-state index in [-0.39, 0.29) is 6.61 Å². The molecule has 6 rings (SSSR count). The van der Waals surface area contributed by atoms with E-state index in [1.807, 2.05) is 0 Å². The molecule has 6 heteroatoms. The molecule has 3 N–H and O–H groups in total. The molecular formula is C34H43N5O. The molecule has 2 aliphatic rings. The number of nitrogens with zero attached hydrogens (tertiary/aromatic N) is 3. The molecule has 40 heavy (non-hydrogen) atoms. The Kier molecular flexibility index (Phi) is 8.74. The second kappa shape index (κ2) is 13.0. The highest BCUT2D eigenvalue weighted by atomic mass is 16.3. The number of rotatable bonds is 12. The van der Waals surface area contributed by atoms with E-state index in [1.165, 1.54) is 70.3 Å². The van der Waals surface area contributed by atoms with E-state index in [4.69, 9.17) is 9.97 Å². The van der Waals surface area contributed by atoms with Crippen LogP contribution in [0.5, 0.6) is 0 Å². The summed E-state index contributed by atoms with van der Waals surface area (Å²) in [7, 11) is 0. The highest BCUT2D eigenvalue weighted by molar-refractivity contribution is 5.94. The Labute approximate surface area is 238 Å². The third-order valence-electron chi connectivity index (χ3n) is 8.66. The predicted molar refractivity (Wildman–Crippen MR) is 167 cm³/mol. The summed E-state index contributed by atoms with van der Waals surface area (Å²) in [6, 6.07) is 17.1. The zero-order valence-electron chi connectivity index (χ0n) is 23.7. The minimum atomic E-state index is 0.200. The van der Waals surface area contributed by atoms with Gasteiger partial charge in [0, 0.05) is 53.2 Å². The second-order valence-electron chi connectivity index (χ2n) is 11.4. The Morgan fingerprint density at radius 2 is 1.10 bits per heavy atom. The molecule has 2 aromatic heterocycles. The molecular weight excluding hydrogens is 494 g/mol. The van der Waals surface area contributed by atoms with Crippen molar-refractivity contribution in [1.82, 2.24) is 14.9 Å². The number of aromatic nitrogens is 2. The van der Waals surface area contributed by atoms with Crippen molar-refractivity contribution in [2.24, 2.45) is 0 Å². The van der Waals surface area contributed by atoms with Crippen LogP contribution in [0.1, 0.15) is 61.0 Å². The molecule has 0 fully saturated rings. The molecule has 0 spiro atoms. The number of hydrogen-bond acceptors (Lipinski definition) is 6. The summed E-state index contributed by atoms with van der Waals surface area (Å²) in [6.07, 6.45) is 11.5. The molecule has 0 saturated heterocycles. The molecule has 6 nitrogen and oxygen atoms in total. The Hall–Kier alpha value is -3.22. The molecule has 4 aromatic rings. The maximum atomic E-state index is 9.72. The zero-order valence-corrected chi connectivity index (χ0v) is 23.7. The number of pyridine rings is 2. The summed E-state index contributed by atoms with van der Waals surface area (Å²) in [5.41, 5.74) is 10.2. The minimum Gasteiger partial charge on any atom is -0.395 e. The number of hydrogen-bond donors (Lipinski definition) is 3. The van der Waals surface area contributed by atoms with Gasteiger partial charge in [0.25, 0.3) is 0 Å². The van der Waals surface area contributed by atoms with Crippen LogP contribution in [-0.2, 0) is 25.7 Å². The van der Waals surface area contributed by atoms with E-state index in [0.717, 1.165) is 82.3 Å².